The minimum atomic E-state index is -0.807. The summed E-state index contributed by atoms with van der Waals surface area (Å²) in [5.74, 6) is 0.722. The summed E-state index contributed by atoms with van der Waals surface area (Å²) in [6, 6.07) is 14.1. The predicted molar refractivity (Wildman–Crippen MR) is 104 cm³/mol. The third-order valence-electron chi connectivity index (χ3n) is 5.32. The lowest BCUT2D eigenvalue weighted by Crippen LogP contribution is -2.56. The summed E-state index contributed by atoms with van der Waals surface area (Å²) in [5, 5.41) is 6.44. The van der Waals surface area contributed by atoms with Crippen LogP contribution in [0.5, 0.6) is 5.75 Å². The number of nitrogens with one attached hydrogen (secondary N) is 2. The number of piperidine rings is 1. The standard InChI is InChI=1S/C22H28N2O2/c1-16-7-9-20(10-8-16)26-22(11-13-23-14-12-22)21(25)24-15-19-6-4-5-17(2)18(19)3/h4-10,23H,11-15H2,1-3H3,(H,24,25). The largest absolute Gasteiger partial charge is 0.477 e. The van der Waals surface area contributed by atoms with E-state index in [9.17, 15) is 4.79 Å². The van der Waals surface area contributed by atoms with Crippen molar-refractivity contribution in [1.82, 2.24) is 10.6 Å². The van der Waals surface area contributed by atoms with Crippen LogP contribution in [0, 0.1) is 20.8 Å². The molecule has 2 aromatic carbocycles. The minimum Gasteiger partial charge on any atom is -0.477 e. The van der Waals surface area contributed by atoms with Gasteiger partial charge in [0, 0.05) is 19.4 Å². The average Bonchev–Trinajstić information content (AvgIpc) is 2.65. The number of hydrogen-bond acceptors (Lipinski definition) is 3. The number of amides is 1. The van der Waals surface area contributed by atoms with Gasteiger partial charge in [0.05, 0.1) is 0 Å². The van der Waals surface area contributed by atoms with E-state index in [4.69, 9.17) is 4.74 Å². The number of hydrogen-bond donors (Lipinski definition) is 2. The number of aryl methyl sites for hydroxylation is 2. The molecule has 1 aliphatic heterocycles. The Bertz CT molecular complexity index is 762. The van der Waals surface area contributed by atoms with Gasteiger partial charge >= 0.3 is 0 Å². The molecule has 1 aliphatic rings. The van der Waals surface area contributed by atoms with E-state index < -0.39 is 5.60 Å². The maximum atomic E-state index is 13.1. The molecule has 3 rings (SSSR count). The highest BCUT2D eigenvalue weighted by Crippen LogP contribution is 2.27. The second-order valence-electron chi connectivity index (χ2n) is 7.20. The molecule has 1 saturated heterocycles. The van der Waals surface area contributed by atoms with Crippen LogP contribution in [-0.4, -0.2) is 24.6 Å². The zero-order valence-electron chi connectivity index (χ0n) is 15.9. The molecule has 26 heavy (non-hydrogen) atoms. The van der Waals surface area contributed by atoms with Crippen molar-refractivity contribution < 1.29 is 9.53 Å². The molecule has 0 spiro atoms. The van der Waals surface area contributed by atoms with E-state index in [1.54, 1.807) is 0 Å². The molecule has 0 unspecified atom stereocenters. The highest BCUT2D eigenvalue weighted by Gasteiger charge is 2.42. The van der Waals surface area contributed by atoms with E-state index in [0.29, 0.717) is 19.4 Å². The van der Waals surface area contributed by atoms with E-state index in [0.717, 1.165) is 24.4 Å². The molecule has 1 fully saturated rings. The van der Waals surface area contributed by atoms with Crippen LogP contribution in [0.15, 0.2) is 42.5 Å². The first-order chi connectivity index (χ1) is 12.5. The van der Waals surface area contributed by atoms with Gasteiger partial charge in [-0.05, 0) is 62.7 Å². The van der Waals surface area contributed by atoms with Crippen molar-refractivity contribution in [2.75, 3.05) is 13.1 Å². The van der Waals surface area contributed by atoms with Crippen molar-refractivity contribution >= 4 is 5.91 Å². The Labute approximate surface area is 156 Å². The Morgan fingerprint density at radius 1 is 1.08 bits per heavy atom. The third kappa shape index (κ3) is 4.07. The number of carbonyl (C=O) groups excluding carboxylic acids is 1. The number of carbonyl (C=O) groups is 1. The second kappa shape index (κ2) is 7.92. The van der Waals surface area contributed by atoms with Crippen molar-refractivity contribution in [2.45, 2.75) is 45.8 Å². The van der Waals surface area contributed by atoms with Gasteiger partial charge in [0.25, 0.3) is 5.91 Å². The van der Waals surface area contributed by atoms with Crippen LogP contribution in [-0.2, 0) is 11.3 Å². The Morgan fingerprint density at radius 3 is 2.46 bits per heavy atom. The number of benzene rings is 2. The maximum absolute atomic E-state index is 13.1. The van der Waals surface area contributed by atoms with Crippen LogP contribution < -0.4 is 15.4 Å². The fraction of sp³-hybridized carbons (Fsp3) is 0.409. The van der Waals surface area contributed by atoms with Crippen molar-refractivity contribution in [2.24, 2.45) is 0 Å². The molecule has 1 amide bonds. The van der Waals surface area contributed by atoms with Gasteiger partial charge in [-0.2, -0.15) is 0 Å². The minimum absolute atomic E-state index is 0.0273. The van der Waals surface area contributed by atoms with E-state index in [-0.39, 0.29) is 5.91 Å². The Kier molecular flexibility index (Phi) is 5.62. The van der Waals surface area contributed by atoms with E-state index in [2.05, 4.69) is 36.6 Å². The summed E-state index contributed by atoms with van der Waals surface area (Å²) in [7, 11) is 0. The molecular formula is C22H28N2O2. The van der Waals surface area contributed by atoms with Crippen molar-refractivity contribution in [3.05, 3.63) is 64.7 Å². The highest BCUT2D eigenvalue weighted by molar-refractivity contribution is 5.85. The topological polar surface area (TPSA) is 50.4 Å². The van der Waals surface area contributed by atoms with Crippen LogP contribution in [0.25, 0.3) is 0 Å². The molecule has 0 saturated carbocycles. The summed E-state index contributed by atoms with van der Waals surface area (Å²) < 4.78 is 6.25. The van der Waals surface area contributed by atoms with Crippen LogP contribution >= 0.6 is 0 Å². The monoisotopic (exact) mass is 352 g/mol. The molecule has 4 nitrogen and oxygen atoms in total. The molecule has 2 N–H and O–H groups in total. The summed E-state index contributed by atoms with van der Waals surface area (Å²) in [6.45, 7) is 8.32. The van der Waals surface area contributed by atoms with E-state index >= 15 is 0 Å². The number of rotatable bonds is 5. The van der Waals surface area contributed by atoms with Crippen LogP contribution in [0.4, 0.5) is 0 Å². The fourth-order valence-corrected chi connectivity index (χ4v) is 3.38. The Balaban J connectivity index is 1.75. The van der Waals surface area contributed by atoms with Gasteiger partial charge in [-0.1, -0.05) is 35.9 Å². The van der Waals surface area contributed by atoms with Gasteiger partial charge in [0.2, 0.25) is 0 Å². The van der Waals surface area contributed by atoms with E-state index in [1.165, 1.54) is 16.7 Å². The Hall–Kier alpha value is -2.33. The molecule has 0 aliphatic carbocycles. The molecule has 4 heteroatoms. The molecule has 0 radical (unpaired) electrons. The molecule has 2 aromatic rings. The quantitative estimate of drug-likeness (QED) is 0.867. The fourth-order valence-electron chi connectivity index (χ4n) is 3.38. The molecule has 0 aromatic heterocycles. The van der Waals surface area contributed by atoms with Gasteiger partial charge in [-0.25, -0.2) is 0 Å². The third-order valence-corrected chi connectivity index (χ3v) is 5.32. The SMILES string of the molecule is Cc1ccc(OC2(C(=O)NCc3cccc(C)c3C)CCNCC2)cc1. The average molecular weight is 352 g/mol. The molecule has 1 heterocycles. The summed E-state index contributed by atoms with van der Waals surface area (Å²) in [5.41, 5.74) is 3.99. The summed E-state index contributed by atoms with van der Waals surface area (Å²) in [4.78, 5) is 13.1. The molecule has 0 atom stereocenters. The first-order valence-electron chi connectivity index (χ1n) is 9.30. The summed E-state index contributed by atoms with van der Waals surface area (Å²) in [6.07, 6.45) is 1.33. The lowest BCUT2D eigenvalue weighted by atomic mass is 9.90. The maximum Gasteiger partial charge on any atom is 0.264 e. The van der Waals surface area contributed by atoms with Gasteiger partial charge in [0.15, 0.2) is 5.60 Å². The molecule has 0 bridgehead atoms. The van der Waals surface area contributed by atoms with Gasteiger partial charge in [-0.15, -0.1) is 0 Å². The van der Waals surface area contributed by atoms with Crippen LogP contribution in [0.2, 0.25) is 0 Å². The zero-order valence-corrected chi connectivity index (χ0v) is 15.9. The van der Waals surface area contributed by atoms with Crippen molar-refractivity contribution in [3.63, 3.8) is 0 Å². The zero-order chi connectivity index (χ0) is 18.6. The lowest BCUT2D eigenvalue weighted by Gasteiger charge is -2.36. The van der Waals surface area contributed by atoms with Crippen LogP contribution in [0.1, 0.15) is 35.1 Å². The van der Waals surface area contributed by atoms with Gasteiger partial charge in [0.1, 0.15) is 5.75 Å². The second-order valence-corrected chi connectivity index (χ2v) is 7.20. The van der Waals surface area contributed by atoms with Gasteiger partial charge < -0.3 is 15.4 Å². The van der Waals surface area contributed by atoms with Crippen molar-refractivity contribution in [1.29, 1.82) is 0 Å². The first-order valence-corrected chi connectivity index (χ1v) is 9.30. The number of ether oxygens (including phenoxy) is 1. The molecular weight excluding hydrogens is 324 g/mol. The highest BCUT2D eigenvalue weighted by atomic mass is 16.5. The van der Waals surface area contributed by atoms with Crippen LogP contribution in [0.3, 0.4) is 0 Å². The molecule has 138 valence electrons. The lowest BCUT2D eigenvalue weighted by molar-refractivity contribution is -0.139. The smallest absolute Gasteiger partial charge is 0.264 e. The normalized spacial score (nSPS) is 16.1. The van der Waals surface area contributed by atoms with Crippen molar-refractivity contribution in [3.8, 4) is 5.75 Å². The first kappa shape index (κ1) is 18.5. The van der Waals surface area contributed by atoms with Gasteiger partial charge in [-0.3, -0.25) is 4.79 Å². The van der Waals surface area contributed by atoms with E-state index in [1.807, 2.05) is 37.3 Å². The Morgan fingerprint density at radius 2 is 1.77 bits per heavy atom. The predicted octanol–water partition coefficient (Wildman–Crippen LogP) is 3.43. The summed E-state index contributed by atoms with van der Waals surface area (Å²) >= 11 is 0.